The van der Waals surface area contributed by atoms with Crippen molar-refractivity contribution in [1.82, 2.24) is 5.16 Å². The third kappa shape index (κ3) is 4.32. The summed E-state index contributed by atoms with van der Waals surface area (Å²) in [5.41, 5.74) is 1.91. The van der Waals surface area contributed by atoms with Crippen LogP contribution in [0, 0.1) is 6.92 Å². The number of hydrogen-bond acceptors (Lipinski definition) is 5. The van der Waals surface area contributed by atoms with Crippen molar-refractivity contribution < 1.29 is 24.0 Å². The highest BCUT2D eigenvalue weighted by atomic mass is 16.6. The number of aromatic nitrogens is 1. The molecule has 0 aliphatic rings. The van der Waals surface area contributed by atoms with Crippen molar-refractivity contribution in [3.63, 3.8) is 0 Å². The summed E-state index contributed by atoms with van der Waals surface area (Å²) in [6.45, 7) is 7.17. The minimum absolute atomic E-state index is 0.228. The fraction of sp³-hybridized carbons (Fsp3) is 0.312. The van der Waals surface area contributed by atoms with E-state index >= 15 is 0 Å². The Balaban J connectivity index is 2.17. The number of nitrogens with one attached hydrogen (secondary N) is 1. The maximum atomic E-state index is 11.8. The summed E-state index contributed by atoms with van der Waals surface area (Å²) in [7, 11) is 0. The first-order chi connectivity index (χ1) is 10.7. The first-order valence-electron chi connectivity index (χ1n) is 6.97. The van der Waals surface area contributed by atoms with Crippen LogP contribution < -0.4 is 5.32 Å². The van der Waals surface area contributed by atoms with E-state index in [2.05, 4.69) is 10.5 Å². The number of anilines is 1. The largest absolute Gasteiger partial charge is 0.475 e. The van der Waals surface area contributed by atoms with E-state index in [9.17, 15) is 9.59 Å². The molecular weight excluding hydrogens is 300 g/mol. The Labute approximate surface area is 133 Å². The Morgan fingerprint density at radius 2 is 1.96 bits per heavy atom. The van der Waals surface area contributed by atoms with E-state index in [4.69, 9.17) is 14.4 Å². The zero-order valence-electron chi connectivity index (χ0n) is 13.3. The van der Waals surface area contributed by atoms with E-state index in [-0.39, 0.29) is 5.76 Å². The second-order valence-electron chi connectivity index (χ2n) is 6.04. The standard InChI is InChI=1S/C16H18N2O5/c1-9-7-10(12-8-13(14(19)20)23-18-12)5-6-11(9)17-15(21)22-16(2,3)4/h5-8H,1-4H3,(H,17,21)(H,19,20). The summed E-state index contributed by atoms with van der Waals surface area (Å²) in [6, 6.07) is 6.53. The molecule has 0 saturated heterocycles. The van der Waals surface area contributed by atoms with Crippen LogP contribution in [0.3, 0.4) is 0 Å². The van der Waals surface area contributed by atoms with Crippen LogP contribution in [-0.2, 0) is 4.74 Å². The van der Waals surface area contributed by atoms with Crippen LogP contribution in [0.4, 0.5) is 10.5 Å². The Morgan fingerprint density at radius 1 is 1.26 bits per heavy atom. The van der Waals surface area contributed by atoms with Crippen molar-refractivity contribution in [1.29, 1.82) is 0 Å². The number of aromatic carboxylic acids is 1. The van der Waals surface area contributed by atoms with Gasteiger partial charge in [0.05, 0.1) is 0 Å². The summed E-state index contributed by atoms with van der Waals surface area (Å²) >= 11 is 0. The first kappa shape index (κ1) is 16.5. The molecule has 1 aromatic carbocycles. The molecule has 0 radical (unpaired) electrons. The number of carbonyl (C=O) groups excluding carboxylic acids is 1. The molecule has 2 N–H and O–H groups in total. The summed E-state index contributed by atoms with van der Waals surface area (Å²) in [5, 5.41) is 15.2. The van der Waals surface area contributed by atoms with Crippen LogP contribution in [0.5, 0.6) is 0 Å². The molecule has 2 aromatic rings. The van der Waals surface area contributed by atoms with Gasteiger partial charge >= 0.3 is 12.1 Å². The number of aryl methyl sites for hydroxylation is 1. The van der Waals surface area contributed by atoms with E-state index in [1.807, 2.05) is 6.92 Å². The summed E-state index contributed by atoms with van der Waals surface area (Å²) in [5.74, 6) is -1.41. The molecule has 7 heteroatoms. The molecule has 0 fully saturated rings. The van der Waals surface area contributed by atoms with Crippen molar-refractivity contribution in [3.8, 4) is 11.3 Å². The highest BCUT2D eigenvalue weighted by Crippen LogP contribution is 2.25. The number of rotatable bonds is 3. The fourth-order valence-electron chi connectivity index (χ4n) is 1.89. The van der Waals surface area contributed by atoms with Gasteiger partial charge in [0.2, 0.25) is 5.76 Å². The van der Waals surface area contributed by atoms with Crippen molar-refractivity contribution in [2.24, 2.45) is 0 Å². The van der Waals surface area contributed by atoms with Crippen LogP contribution in [0.25, 0.3) is 11.3 Å². The van der Waals surface area contributed by atoms with Crippen LogP contribution >= 0.6 is 0 Å². The SMILES string of the molecule is Cc1cc(-c2cc(C(=O)O)on2)ccc1NC(=O)OC(C)(C)C. The normalized spacial score (nSPS) is 11.1. The molecule has 0 aliphatic heterocycles. The zero-order chi connectivity index (χ0) is 17.2. The van der Waals surface area contributed by atoms with Gasteiger partial charge in [-0.25, -0.2) is 9.59 Å². The smallest absolute Gasteiger partial charge is 0.412 e. The van der Waals surface area contributed by atoms with Gasteiger partial charge in [0, 0.05) is 17.3 Å². The van der Waals surface area contributed by atoms with Gasteiger partial charge in [0.25, 0.3) is 0 Å². The highest BCUT2D eigenvalue weighted by molar-refractivity contribution is 5.87. The monoisotopic (exact) mass is 318 g/mol. The molecule has 0 aliphatic carbocycles. The average molecular weight is 318 g/mol. The summed E-state index contributed by atoms with van der Waals surface area (Å²) < 4.78 is 9.93. The van der Waals surface area contributed by atoms with Crippen LogP contribution in [0.15, 0.2) is 28.8 Å². The second kappa shape index (κ2) is 6.12. The van der Waals surface area contributed by atoms with Crippen molar-refractivity contribution in [3.05, 3.63) is 35.6 Å². The molecule has 0 spiro atoms. The lowest BCUT2D eigenvalue weighted by molar-refractivity contribution is 0.0630. The molecule has 1 aromatic heterocycles. The minimum Gasteiger partial charge on any atom is -0.475 e. The van der Waals surface area contributed by atoms with Gasteiger partial charge in [-0.05, 0) is 45.4 Å². The van der Waals surface area contributed by atoms with Gasteiger partial charge in [-0.3, -0.25) is 5.32 Å². The number of benzene rings is 1. The van der Waals surface area contributed by atoms with Gasteiger partial charge < -0.3 is 14.4 Å². The molecule has 23 heavy (non-hydrogen) atoms. The molecule has 2 rings (SSSR count). The van der Waals surface area contributed by atoms with E-state index in [1.54, 1.807) is 39.0 Å². The van der Waals surface area contributed by atoms with E-state index in [1.165, 1.54) is 6.07 Å². The van der Waals surface area contributed by atoms with Crippen molar-refractivity contribution >= 4 is 17.7 Å². The second-order valence-corrected chi connectivity index (χ2v) is 6.04. The molecule has 0 atom stereocenters. The number of ether oxygens (including phenoxy) is 1. The van der Waals surface area contributed by atoms with Crippen molar-refractivity contribution in [2.75, 3.05) is 5.32 Å². The maximum Gasteiger partial charge on any atom is 0.412 e. The van der Waals surface area contributed by atoms with Crippen LogP contribution in [-0.4, -0.2) is 27.9 Å². The average Bonchev–Trinajstić information content (AvgIpc) is 2.88. The Morgan fingerprint density at radius 3 is 2.48 bits per heavy atom. The predicted octanol–water partition coefficient (Wildman–Crippen LogP) is 3.70. The number of carboxylic acids is 1. The molecule has 0 saturated carbocycles. The van der Waals surface area contributed by atoms with E-state index < -0.39 is 17.7 Å². The predicted molar refractivity (Wildman–Crippen MR) is 83.5 cm³/mol. The molecule has 1 heterocycles. The number of carboxylic acid groups (broad SMARTS) is 1. The third-order valence-corrected chi connectivity index (χ3v) is 2.88. The number of nitrogens with zero attached hydrogens (tertiary/aromatic N) is 1. The number of amides is 1. The Bertz CT molecular complexity index is 743. The lowest BCUT2D eigenvalue weighted by Crippen LogP contribution is -2.27. The lowest BCUT2D eigenvalue weighted by atomic mass is 10.1. The summed E-state index contributed by atoms with van der Waals surface area (Å²) in [4.78, 5) is 22.6. The van der Waals surface area contributed by atoms with Crippen LogP contribution in [0.1, 0.15) is 36.9 Å². The van der Waals surface area contributed by atoms with Gasteiger partial charge in [-0.2, -0.15) is 0 Å². The van der Waals surface area contributed by atoms with Crippen molar-refractivity contribution in [2.45, 2.75) is 33.3 Å². The molecule has 0 bridgehead atoms. The van der Waals surface area contributed by atoms with Gasteiger partial charge in [0.15, 0.2) is 0 Å². The number of carbonyl (C=O) groups is 2. The van der Waals surface area contributed by atoms with E-state index in [0.29, 0.717) is 16.9 Å². The first-order valence-corrected chi connectivity index (χ1v) is 6.97. The third-order valence-electron chi connectivity index (χ3n) is 2.88. The lowest BCUT2D eigenvalue weighted by Gasteiger charge is -2.20. The fourth-order valence-corrected chi connectivity index (χ4v) is 1.89. The molecule has 1 amide bonds. The zero-order valence-corrected chi connectivity index (χ0v) is 13.3. The molecule has 7 nitrogen and oxygen atoms in total. The van der Waals surface area contributed by atoms with E-state index in [0.717, 1.165) is 5.56 Å². The molecular formula is C16H18N2O5. The topological polar surface area (TPSA) is 102 Å². The quantitative estimate of drug-likeness (QED) is 0.894. The van der Waals surface area contributed by atoms with Gasteiger partial charge in [-0.1, -0.05) is 11.2 Å². The van der Waals surface area contributed by atoms with Gasteiger partial charge in [0.1, 0.15) is 11.3 Å². The molecule has 0 unspecified atom stereocenters. The minimum atomic E-state index is -1.18. The van der Waals surface area contributed by atoms with Gasteiger partial charge in [-0.15, -0.1) is 0 Å². The Kier molecular flexibility index (Phi) is 4.40. The number of hydrogen-bond donors (Lipinski definition) is 2. The summed E-state index contributed by atoms with van der Waals surface area (Å²) in [6.07, 6.45) is -0.539. The van der Waals surface area contributed by atoms with Crippen LogP contribution in [0.2, 0.25) is 0 Å². The maximum absolute atomic E-state index is 11.8. The molecule has 122 valence electrons. The Hall–Kier alpha value is -2.83. The highest BCUT2D eigenvalue weighted by Gasteiger charge is 2.17.